The molecule has 0 aliphatic carbocycles. The standard InChI is InChI=1S/C29H26ClN3O/c1-2-33(27-14-7-10-20-9-3-4-11-22(20)27)28(34)15-8-12-23-24-19-21(30)16-17-25(24)32-29(23)26-13-5-6-18-31-26/h3-7,9-11,13-14,16-19,32H,2,8,12,15H2,1H3. The van der Waals surface area contributed by atoms with Gasteiger partial charge < -0.3 is 9.88 Å². The number of nitrogens with zero attached hydrogens (tertiary/aromatic N) is 2. The second-order valence-corrected chi connectivity index (χ2v) is 8.81. The number of benzene rings is 3. The first kappa shape index (κ1) is 22.2. The number of aromatic nitrogens is 2. The molecule has 2 aromatic heterocycles. The molecule has 2 heterocycles. The maximum atomic E-state index is 13.3. The molecule has 1 N–H and O–H groups in total. The Labute approximate surface area is 204 Å². The average Bonchev–Trinajstić information content (AvgIpc) is 3.23. The third-order valence-electron chi connectivity index (χ3n) is 6.28. The minimum absolute atomic E-state index is 0.135. The van der Waals surface area contributed by atoms with E-state index < -0.39 is 0 Å². The van der Waals surface area contributed by atoms with Gasteiger partial charge in [-0.15, -0.1) is 0 Å². The van der Waals surface area contributed by atoms with Crippen LogP contribution in [-0.2, 0) is 11.2 Å². The molecule has 0 spiro atoms. The number of pyridine rings is 1. The Hall–Kier alpha value is -3.63. The van der Waals surface area contributed by atoms with Gasteiger partial charge in [0, 0.05) is 40.5 Å². The van der Waals surface area contributed by atoms with E-state index in [1.54, 1.807) is 6.20 Å². The first-order valence-electron chi connectivity index (χ1n) is 11.7. The highest BCUT2D eigenvalue weighted by molar-refractivity contribution is 6.31. The lowest BCUT2D eigenvalue weighted by atomic mass is 10.0. The van der Waals surface area contributed by atoms with Gasteiger partial charge in [-0.05, 0) is 67.1 Å². The van der Waals surface area contributed by atoms with Crippen LogP contribution in [0.2, 0.25) is 5.02 Å². The van der Waals surface area contributed by atoms with Crippen LogP contribution in [0.5, 0.6) is 0 Å². The van der Waals surface area contributed by atoms with Crippen molar-refractivity contribution in [1.82, 2.24) is 9.97 Å². The number of rotatable bonds is 7. The fourth-order valence-corrected chi connectivity index (χ4v) is 4.86. The van der Waals surface area contributed by atoms with Crippen LogP contribution in [0, 0.1) is 0 Å². The fraction of sp³-hybridized carbons (Fsp3) is 0.172. The van der Waals surface area contributed by atoms with Crippen LogP contribution >= 0.6 is 11.6 Å². The van der Waals surface area contributed by atoms with Crippen LogP contribution in [0.1, 0.15) is 25.3 Å². The summed E-state index contributed by atoms with van der Waals surface area (Å²) in [7, 11) is 0. The van der Waals surface area contributed by atoms with E-state index >= 15 is 0 Å². The van der Waals surface area contributed by atoms with Gasteiger partial charge in [0.25, 0.3) is 0 Å². The summed E-state index contributed by atoms with van der Waals surface area (Å²) in [5.74, 6) is 0.135. The molecule has 1 amide bonds. The minimum Gasteiger partial charge on any atom is -0.353 e. The maximum Gasteiger partial charge on any atom is 0.226 e. The van der Waals surface area contributed by atoms with E-state index in [-0.39, 0.29) is 5.91 Å². The molecule has 0 aliphatic rings. The molecule has 0 atom stereocenters. The Bertz CT molecular complexity index is 1450. The highest BCUT2D eigenvalue weighted by Crippen LogP contribution is 2.33. The third-order valence-corrected chi connectivity index (χ3v) is 6.52. The van der Waals surface area contributed by atoms with E-state index in [9.17, 15) is 4.79 Å². The summed E-state index contributed by atoms with van der Waals surface area (Å²) in [6.45, 7) is 2.66. The molecular formula is C29H26ClN3O. The summed E-state index contributed by atoms with van der Waals surface area (Å²) < 4.78 is 0. The highest BCUT2D eigenvalue weighted by atomic mass is 35.5. The molecule has 0 unspecified atom stereocenters. The van der Waals surface area contributed by atoms with E-state index in [4.69, 9.17) is 11.6 Å². The van der Waals surface area contributed by atoms with Gasteiger partial charge in [-0.25, -0.2) is 0 Å². The number of hydrogen-bond donors (Lipinski definition) is 1. The molecule has 0 fully saturated rings. The van der Waals surface area contributed by atoms with Crippen LogP contribution < -0.4 is 4.90 Å². The minimum atomic E-state index is 0.135. The number of carbonyl (C=O) groups is 1. The zero-order chi connectivity index (χ0) is 23.5. The van der Waals surface area contributed by atoms with E-state index in [1.807, 2.05) is 72.5 Å². The Morgan fingerprint density at radius 3 is 2.62 bits per heavy atom. The molecular weight excluding hydrogens is 442 g/mol. The Morgan fingerprint density at radius 2 is 1.79 bits per heavy atom. The molecule has 3 aromatic carbocycles. The van der Waals surface area contributed by atoms with Crippen LogP contribution in [0.3, 0.4) is 0 Å². The second kappa shape index (κ2) is 9.70. The lowest BCUT2D eigenvalue weighted by Crippen LogP contribution is -2.30. The quantitative estimate of drug-likeness (QED) is 0.271. The Kier molecular flexibility index (Phi) is 6.33. The molecule has 170 valence electrons. The number of aryl methyl sites for hydroxylation is 1. The number of halogens is 1. The zero-order valence-corrected chi connectivity index (χ0v) is 19.8. The van der Waals surface area contributed by atoms with Crippen molar-refractivity contribution in [3.8, 4) is 11.4 Å². The molecule has 0 saturated carbocycles. The van der Waals surface area contributed by atoms with Gasteiger partial charge in [0.05, 0.1) is 17.1 Å². The maximum absolute atomic E-state index is 13.3. The SMILES string of the molecule is CCN(C(=O)CCCc1c(-c2ccccn2)[nH]c2ccc(Cl)cc12)c1cccc2ccccc12. The van der Waals surface area contributed by atoms with E-state index in [0.29, 0.717) is 18.0 Å². The zero-order valence-electron chi connectivity index (χ0n) is 19.1. The van der Waals surface area contributed by atoms with Crippen molar-refractivity contribution in [1.29, 1.82) is 0 Å². The first-order valence-corrected chi connectivity index (χ1v) is 12.0. The van der Waals surface area contributed by atoms with Gasteiger partial charge in [-0.2, -0.15) is 0 Å². The van der Waals surface area contributed by atoms with Crippen LogP contribution in [0.15, 0.2) is 85.1 Å². The summed E-state index contributed by atoms with van der Waals surface area (Å²) in [6.07, 6.45) is 3.75. The average molecular weight is 468 g/mol. The number of hydrogen-bond acceptors (Lipinski definition) is 2. The van der Waals surface area contributed by atoms with Crippen molar-refractivity contribution in [3.05, 3.63) is 95.6 Å². The lowest BCUT2D eigenvalue weighted by Gasteiger charge is -2.23. The van der Waals surface area contributed by atoms with Gasteiger partial charge in [0.1, 0.15) is 0 Å². The Morgan fingerprint density at radius 1 is 0.971 bits per heavy atom. The van der Waals surface area contributed by atoms with Crippen molar-refractivity contribution in [2.24, 2.45) is 0 Å². The van der Waals surface area contributed by atoms with E-state index in [2.05, 4.69) is 28.2 Å². The molecule has 0 aliphatic heterocycles. The molecule has 5 heteroatoms. The summed E-state index contributed by atoms with van der Waals surface area (Å²) in [5.41, 5.74) is 5.03. The molecule has 0 bridgehead atoms. The first-order chi connectivity index (χ1) is 16.7. The van der Waals surface area contributed by atoms with Crippen molar-refractivity contribution in [2.45, 2.75) is 26.2 Å². The van der Waals surface area contributed by atoms with Crippen molar-refractivity contribution < 1.29 is 4.79 Å². The van der Waals surface area contributed by atoms with Crippen molar-refractivity contribution >= 4 is 44.9 Å². The number of amides is 1. The number of aromatic amines is 1. The van der Waals surface area contributed by atoms with Crippen molar-refractivity contribution in [2.75, 3.05) is 11.4 Å². The molecule has 5 aromatic rings. The molecule has 5 rings (SSSR count). The van der Waals surface area contributed by atoms with Gasteiger partial charge in [0.2, 0.25) is 5.91 Å². The van der Waals surface area contributed by atoms with Crippen LogP contribution in [-0.4, -0.2) is 22.4 Å². The number of anilines is 1. The smallest absolute Gasteiger partial charge is 0.226 e. The Balaban J connectivity index is 1.39. The lowest BCUT2D eigenvalue weighted by molar-refractivity contribution is -0.118. The topological polar surface area (TPSA) is 49.0 Å². The van der Waals surface area contributed by atoms with Gasteiger partial charge in [0.15, 0.2) is 0 Å². The molecule has 34 heavy (non-hydrogen) atoms. The summed E-state index contributed by atoms with van der Waals surface area (Å²) in [6, 6.07) is 26.1. The predicted molar refractivity (Wildman–Crippen MR) is 141 cm³/mol. The van der Waals surface area contributed by atoms with Crippen LogP contribution in [0.4, 0.5) is 5.69 Å². The third kappa shape index (κ3) is 4.29. The van der Waals surface area contributed by atoms with E-state index in [1.165, 1.54) is 0 Å². The summed E-state index contributed by atoms with van der Waals surface area (Å²) >= 11 is 6.32. The largest absolute Gasteiger partial charge is 0.353 e. The summed E-state index contributed by atoms with van der Waals surface area (Å²) in [5, 5.41) is 4.03. The van der Waals surface area contributed by atoms with Gasteiger partial charge in [-0.1, -0.05) is 54.1 Å². The molecule has 0 radical (unpaired) electrons. The number of fused-ring (bicyclic) bond motifs is 2. The normalized spacial score (nSPS) is 11.2. The predicted octanol–water partition coefficient (Wildman–Crippen LogP) is 7.41. The monoisotopic (exact) mass is 467 g/mol. The number of carbonyl (C=O) groups excluding carboxylic acids is 1. The number of nitrogens with one attached hydrogen (secondary N) is 1. The fourth-order valence-electron chi connectivity index (χ4n) is 4.68. The number of H-pyrrole nitrogens is 1. The van der Waals surface area contributed by atoms with Crippen LogP contribution in [0.25, 0.3) is 33.1 Å². The van der Waals surface area contributed by atoms with Gasteiger partial charge in [-0.3, -0.25) is 9.78 Å². The summed E-state index contributed by atoms with van der Waals surface area (Å²) in [4.78, 5) is 23.3. The van der Waals surface area contributed by atoms with Crippen molar-refractivity contribution in [3.63, 3.8) is 0 Å². The highest BCUT2D eigenvalue weighted by Gasteiger charge is 2.18. The molecule has 0 saturated heterocycles. The van der Waals surface area contributed by atoms with E-state index in [0.717, 1.165) is 57.2 Å². The second-order valence-electron chi connectivity index (χ2n) is 8.37. The molecule has 4 nitrogen and oxygen atoms in total. The van der Waals surface area contributed by atoms with Gasteiger partial charge >= 0.3 is 0 Å².